The van der Waals surface area contributed by atoms with E-state index in [1.807, 2.05) is 0 Å². The monoisotopic (exact) mass is 304 g/mol. The van der Waals surface area contributed by atoms with Crippen LogP contribution in [0.25, 0.3) is 11.4 Å². The van der Waals surface area contributed by atoms with E-state index < -0.39 is 24.0 Å². The highest BCUT2D eigenvalue weighted by molar-refractivity contribution is 5.59. The van der Waals surface area contributed by atoms with Crippen molar-refractivity contribution in [3.63, 3.8) is 0 Å². The lowest BCUT2D eigenvalue weighted by Crippen LogP contribution is -2.33. The Morgan fingerprint density at radius 1 is 1.29 bits per heavy atom. The number of benzene rings is 1. The average Bonchev–Trinajstić information content (AvgIpc) is 2.85. The van der Waals surface area contributed by atoms with E-state index in [2.05, 4.69) is 10.1 Å². The van der Waals surface area contributed by atoms with Gasteiger partial charge in [0.05, 0.1) is 5.92 Å². The van der Waals surface area contributed by atoms with Crippen LogP contribution < -0.4 is 0 Å². The van der Waals surface area contributed by atoms with E-state index in [4.69, 9.17) is 4.52 Å². The highest BCUT2D eigenvalue weighted by Crippen LogP contribution is 2.32. The van der Waals surface area contributed by atoms with Crippen LogP contribution in [0.3, 0.4) is 0 Å². The quantitative estimate of drug-likeness (QED) is 0.885. The molecule has 2 unspecified atom stereocenters. The van der Waals surface area contributed by atoms with Crippen LogP contribution >= 0.6 is 0 Å². The lowest BCUT2D eigenvalue weighted by molar-refractivity contribution is -0.210. The first-order valence-electron chi connectivity index (χ1n) is 6.05. The molecule has 2 atom stereocenters. The molecule has 2 rings (SSSR count). The lowest BCUT2D eigenvalue weighted by atomic mass is 10.0. The average molecular weight is 304 g/mol. The van der Waals surface area contributed by atoms with Crippen LogP contribution in [-0.2, 0) is 0 Å². The summed E-state index contributed by atoms with van der Waals surface area (Å²) in [7, 11) is 0. The second-order valence-corrected chi connectivity index (χ2v) is 4.69. The predicted octanol–water partition coefficient (Wildman–Crippen LogP) is 3.21. The first-order valence-corrected chi connectivity index (χ1v) is 6.05. The summed E-state index contributed by atoms with van der Waals surface area (Å²) in [5.74, 6) is -2.13. The van der Waals surface area contributed by atoms with Gasteiger partial charge >= 0.3 is 6.18 Å². The number of hydrogen-bond acceptors (Lipinski definition) is 4. The fraction of sp³-hybridized carbons (Fsp3) is 0.385. The number of nitrogens with zero attached hydrogens (tertiary/aromatic N) is 2. The summed E-state index contributed by atoms with van der Waals surface area (Å²) >= 11 is 0. The number of rotatable bonds is 3. The third-order valence-corrected chi connectivity index (χ3v) is 3.07. The van der Waals surface area contributed by atoms with Crippen LogP contribution in [0.1, 0.15) is 24.3 Å². The zero-order valence-electron chi connectivity index (χ0n) is 11.1. The summed E-state index contributed by atoms with van der Waals surface area (Å²) in [6.07, 6.45) is -7.38. The van der Waals surface area contributed by atoms with Crippen molar-refractivity contribution in [1.29, 1.82) is 0 Å². The zero-order chi connectivity index (χ0) is 15.8. The maximum absolute atomic E-state index is 13.0. The largest absolute Gasteiger partial charge is 0.415 e. The number of hydrogen-bond donors (Lipinski definition) is 1. The van der Waals surface area contributed by atoms with E-state index in [1.165, 1.54) is 18.2 Å². The van der Waals surface area contributed by atoms with Crippen molar-refractivity contribution in [2.75, 3.05) is 0 Å². The Balaban J connectivity index is 2.30. The smallest absolute Gasteiger partial charge is 0.383 e. The topological polar surface area (TPSA) is 59.2 Å². The van der Waals surface area contributed by atoms with Gasteiger partial charge in [-0.15, -0.1) is 0 Å². The minimum absolute atomic E-state index is 0.0451. The van der Waals surface area contributed by atoms with Gasteiger partial charge in [-0.1, -0.05) is 12.1 Å². The SMILES string of the molecule is Cc1cc(F)ccc1-c1noc(C(C)C(O)C(F)(F)F)n1. The van der Waals surface area contributed by atoms with E-state index >= 15 is 0 Å². The highest BCUT2D eigenvalue weighted by atomic mass is 19.4. The van der Waals surface area contributed by atoms with Crippen molar-refractivity contribution in [2.45, 2.75) is 32.0 Å². The number of aromatic nitrogens is 2. The van der Waals surface area contributed by atoms with Crippen molar-refractivity contribution in [2.24, 2.45) is 0 Å². The summed E-state index contributed by atoms with van der Waals surface area (Å²) in [5, 5.41) is 12.8. The molecule has 0 saturated heterocycles. The molecule has 0 aliphatic heterocycles. The Hall–Kier alpha value is -1.96. The molecule has 8 heteroatoms. The molecular formula is C13H12F4N2O2. The Bertz CT molecular complexity index is 639. The van der Waals surface area contributed by atoms with Gasteiger partial charge in [-0.2, -0.15) is 18.2 Å². The third kappa shape index (κ3) is 3.21. The highest BCUT2D eigenvalue weighted by Gasteiger charge is 2.44. The molecule has 114 valence electrons. The van der Waals surface area contributed by atoms with Crippen molar-refractivity contribution in [1.82, 2.24) is 10.1 Å². The van der Waals surface area contributed by atoms with E-state index in [0.29, 0.717) is 11.1 Å². The summed E-state index contributed by atoms with van der Waals surface area (Å²) in [6.45, 7) is 2.75. The standard InChI is InChI=1S/C13H12F4N2O2/c1-6-5-8(14)3-4-9(6)11-18-12(21-19-11)7(2)10(20)13(15,16)17/h3-5,7,10,20H,1-2H3. The Kier molecular flexibility index (Phi) is 3.99. The second kappa shape index (κ2) is 5.44. The van der Waals surface area contributed by atoms with Gasteiger partial charge in [0.2, 0.25) is 11.7 Å². The molecule has 4 nitrogen and oxygen atoms in total. The summed E-state index contributed by atoms with van der Waals surface area (Å²) in [5.41, 5.74) is 0.964. The first-order chi connectivity index (χ1) is 9.70. The minimum atomic E-state index is -4.78. The zero-order valence-corrected chi connectivity index (χ0v) is 11.1. The molecule has 0 aliphatic rings. The molecule has 21 heavy (non-hydrogen) atoms. The van der Waals surface area contributed by atoms with Crippen molar-refractivity contribution < 1.29 is 27.2 Å². The van der Waals surface area contributed by atoms with Gasteiger partial charge < -0.3 is 9.63 Å². The van der Waals surface area contributed by atoms with Gasteiger partial charge in [0.15, 0.2) is 6.10 Å². The van der Waals surface area contributed by atoms with Crippen molar-refractivity contribution in [3.05, 3.63) is 35.5 Å². The van der Waals surface area contributed by atoms with Gasteiger partial charge in [0.25, 0.3) is 0 Å². The van der Waals surface area contributed by atoms with E-state index in [0.717, 1.165) is 6.92 Å². The lowest BCUT2D eigenvalue weighted by Gasteiger charge is -2.17. The molecular weight excluding hydrogens is 292 g/mol. The molecule has 1 aromatic carbocycles. The predicted molar refractivity (Wildman–Crippen MR) is 64.9 cm³/mol. The van der Waals surface area contributed by atoms with Gasteiger partial charge in [0.1, 0.15) is 5.82 Å². The Morgan fingerprint density at radius 2 is 1.95 bits per heavy atom. The van der Waals surface area contributed by atoms with Crippen LogP contribution in [0.4, 0.5) is 17.6 Å². The fourth-order valence-corrected chi connectivity index (χ4v) is 1.83. The van der Waals surface area contributed by atoms with Gasteiger partial charge in [0, 0.05) is 5.56 Å². The normalized spacial score (nSPS) is 15.0. The van der Waals surface area contributed by atoms with Crippen molar-refractivity contribution in [3.8, 4) is 11.4 Å². The van der Waals surface area contributed by atoms with Crippen LogP contribution in [0.2, 0.25) is 0 Å². The molecule has 0 spiro atoms. The molecule has 1 heterocycles. The van der Waals surface area contributed by atoms with Gasteiger partial charge in [-0.25, -0.2) is 4.39 Å². The van der Waals surface area contributed by atoms with Crippen molar-refractivity contribution >= 4 is 0 Å². The van der Waals surface area contributed by atoms with Crippen LogP contribution in [-0.4, -0.2) is 27.5 Å². The number of aryl methyl sites for hydroxylation is 1. The molecule has 0 fully saturated rings. The minimum Gasteiger partial charge on any atom is -0.383 e. The van der Waals surface area contributed by atoms with Gasteiger partial charge in [-0.05, 0) is 30.7 Å². The molecule has 1 aromatic heterocycles. The maximum Gasteiger partial charge on any atom is 0.415 e. The number of alkyl halides is 3. The van der Waals surface area contributed by atoms with Crippen LogP contribution in [0.5, 0.6) is 0 Å². The molecule has 0 radical (unpaired) electrons. The molecule has 0 saturated carbocycles. The Morgan fingerprint density at radius 3 is 2.52 bits per heavy atom. The molecule has 0 amide bonds. The first kappa shape index (κ1) is 15.4. The molecule has 0 bridgehead atoms. The molecule has 0 aliphatic carbocycles. The van der Waals surface area contributed by atoms with E-state index in [9.17, 15) is 22.7 Å². The number of aliphatic hydroxyl groups is 1. The number of aliphatic hydroxyl groups excluding tert-OH is 1. The molecule has 2 aromatic rings. The van der Waals surface area contributed by atoms with Crippen LogP contribution in [0.15, 0.2) is 22.7 Å². The fourth-order valence-electron chi connectivity index (χ4n) is 1.83. The molecule has 1 N–H and O–H groups in total. The summed E-state index contributed by atoms with van der Waals surface area (Å²) < 4.78 is 55.1. The van der Waals surface area contributed by atoms with E-state index in [-0.39, 0.29) is 11.7 Å². The second-order valence-electron chi connectivity index (χ2n) is 4.69. The van der Waals surface area contributed by atoms with E-state index in [1.54, 1.807) is 6.92 Å². The Labute approximate surface area is 117 Å². The number of halogens is 4. The third-order valence-electron chi connectivity index (χ3n) is 3.07. The summed E-state index contributed by atoms with van der Waals surface area (Å²) in [4.78, 5) is 3.85. The van der Waals surface area contributed by atoms with Gasteiger partial charge in [-0.3, -0.25) is 0 Å². The van der Waals surface area contributed by atoms with Crippen LogP contribution in [0, 0.1) is 12.7 Å². The maximum atomic E-state index is 13.0. The summed E-state index contributed by atoms with van der Waals surface area (Å²) in [6, 6.07) is 3.84.